The van der Waals surface area contributed by atoms with Gasteiger partial charge in [0.05, 0.1) is 12.2 Å². The summed E-state index contributed by atoms with van der Waals surface area (Å²) in [7, 11) is 1.97. The third kappa shape index (κ3) is 3.66. The molecule has 0 aliphatic carbocycles. The van der Waals surface area contributed by atoms with Crippen LogP contribution in [0.5, 0.6) is 0 Å². The molecule has 2 heterocycles. The van der Waals surface area contributed by atoms with E-state index in [1.54, 1.807) is 12.1 Å². The average molecular weight is 274 g/mol. The molecule has 0 unspecified atom stereocenters. The number of amides is 1. The van der Waals surface area contributed by atoms with Gasteiger partial charge in [-0.3, -0.25) is 20.1 Å². The SMILES string of the molecule is Cc1cccc(CN(C)Cc2ccc(C(=O)NN)o2)n1. The Bertz CT molecular complexity index is 594. The van der Waals surface area contributed by atoms with E-state index in [9.17, 15) is 4.79 Å². The molecule has 0 atom stereocenters. The van der Waals surface area contributed by atoms with Gasteiger partial charge in [0.1, 0.15) is 5.76 Å². The van der Waals surface area contributed by atoms with Crippen LogP contribution in [0.2, 0.25) is 0 Å². The highest BCUT2D eigenvalue weighted by atomic mass is 16.4. The molecule has 3 N–H and O–H groups in total. The molecule has 20 heavy (non-hydrogen) atoms. The number of hydrogen-bond acceptors (Lipinski definition) is 5. The second-order valence-corrected chi connectivity index (χ2v) is 4.68. The van der Waals surface area contributed by atoms with Crippen molar-refractivity contribution in [1.82, 2.24) is 15.3 Å². The van der Waals surface area contributed by atoms with Crippen LogP contribution in [0, 0.1) is 6.92 Å². The van der Waals surface area contributed by atoms with Crippen molar-refractivity contribution >= 4 is 5.91 Å². The lowest BCUT2D eigenvalue weighted by molar-refractivity contribution is 0.0922. The van der Waals surface area contributed by atoms with Gasteiger partial charge in [0.2, 0.25) is 0 Å². The number of nitrogens with one attached hydrogen (secondary N) is 1. The van der Waals surface area contributed by atoms with Crippen LogP contribution >= 0.6 is 0 Å². The Labute approximate surface area is 117 Å². The minimum absolute atomic E-state index is 0.213. The van der Waals surface area contributed by atoms with Crippen LogP contribution < -0.4 is 11.3 Å². The first kappa shape index (κ1) is 14.2. The molecule has 0 saturated heterocycles. The zero-order chi connectivity index (χ0) is 14.5. The number of aryl methyl sites for hydroxylation is 1. The molecule has 0 aliphatic rings. The first-order chi connectivity index (χ1) is 9.58. The van der Waals surface area contributed by atoms with Crippen molar-refractivity contribution in [2.24, 2.45) is 5.84 Å². The highest BCUT2D eigenvalue weighted by Crippen LogP contribution is 2.11. The Morgan fingerprint density at radius 2 is 2.15 bits per heavy atom. The predicted molar refractivity (Wildman–Crippen MR) is 74.5 cm³/mol. The monoisotopic (exact) mass is 274 g/mol. The maximum absolute atomic E-state index is 11.3. The van der Waals surface area contributed by atoms with Crippen LogP contribution in [-0.4, -0.2) is 22.8 Å². The Hall–Kier alpha value is -2.18. The number of aromatic nitrogens is 1. The van der Waals surface area contributed by atoms with Crippen LogP contribution in [0.1, 0.15) is 27.7 Å². The van der Waals surface area contributed by atoms with Crippen molar-refractivity contribution in [3.05, 3.63) is 53.2 Å². The molecule has 6 heteroatoms. The summed E-state index contributed by atoms with van der Waals surface area (Å²) in [4.78, 5) is 17.8. The zero-order valence-corrected chi connectivity index (χ0v) is 11.6. The topological polar surface area (TPSA) is 84.4 Å². The summed E-state index contributed by atoms with van der Waals surface area (Å²) in [5.74, 6) is 5.54. The maximum Gasteiger partial charge on any atom is 0.300 e. The number of rotatable bonds is 5. The van der Waals surface area contributed by atoms with Crippen molar-refractivity contribution in [3.8, 4) is 0 Å². The number of nitrogens with two attached hydrogens (primary N) is 1. The number of furan rings is 1. The van der Waals surface area contributed by atoms with E-state index in [1.165, 1.54) is 0 Å². The molecular weight excluding hydrogens is 256 g/mol. The number of nitrogens with zero attached hydrogens (tertiary/aromatic N) is 2. The van der Waals surface area contributed by atoms with Gasteiger partial charge < -0.3 is 4.42 Å². The maximum atomic E-state index is 11.3. The first-order valence-electron chi connectivity index (χ1n) is 6.29. The van der Waals surface area contributed by atoms with Gasteiger partial charge in [0.15, 0.2) is 5.76 Å². The number of nitrogen functional groups attached to an aromatic ring is 1. The van der Waals surface area contributed by atoms with E-state index in [2.05, 4.69) is 9.88 Å². The normalized spacial score (nSPS) is 10.8. The zero-order valence-electron chi connectivity index (χ0n) is 11.6. The van der Waals surface area contributed by atoms with Crippen LogP contribution in [-0.2, 0) is 13.1 Å². The molecule has 0 spiro atoms. The summed E-state index contributed by atoms with van der Waals surface area (Å²) in [5.41, 5.74) is 4.03. The average Bonchev–Trinajstić information content (AvgIpc) is 2.86. The lowest BCUT2D eigenvalue weighted by Crippen LogP contribution is -2.29. The molecule has 0 radical (unpaired) electrons. The molecule has 1 amide bonds. The third-order valence-corrected chi connectivity index (χ3v) is 2.82. The molecule has 2 aromatic heterocycles. The molecule has 2 rings (SSSR count). The van der Waals surface area contributed by atoms with Crippen LogP contribution in [0.25, 0.3) is 0 Å². The second-order valence-electron chi connectivity index (χ2n) is 4.68. The highest BCUT2D eigenvalue weighted by Gasteiger charge is 2.11. The fourth-order valence-corrected chi connectivity index (χ4v) is 1.94. The summed E-state index contributed by atoms with van der Waals surface area (Å²) in [5, 5.41) is 0. The first-order valence-corrected chi connectivity index (χ1v) is 6.29. The Balaban J connectivity index is 1.96. The van der Waals surface area contributed by atoms with Gasteiger partial charge in [-0.15, -0.1) is 0 Å². The van der Waals surface area contributed by atoms with Gasteiger partial charge in [0.25, 0.3) is 0 Å². The van der Waals surface area contributed by atoms with E-state index < -0.39 is 5.91 Å². The third-order valence-electron chi connectivity index (χ3n) is 2.82. The summed E-state index contributed by atoms with van der Waals surface area (Å²) in [6, 6.07) is 9.32. The quantitative estimate of drug-likeness (QED) is 0.486. The minimum atomic E-state index is -0.431. The summed E-state index contributed by atoms with van der Waals surface area (Å²) >= 11 is 0. The van der Waals surface area contributed by atoms with E-state index in [4.69, 9.17) is 10.3 Å². The molecule has 0 aromatic carbocycles. The molecule has 0 aliphatic heterocycles. The second kappa shape index (κ2) is 6.31. The smallest absolute Gasteiger partial charge is 0.300 e. The Morgan fingerprint density at radius 1 is 1.35 bits per heavy atom. The standard InChI is InChI=1S/C14H18N4O2/c1-10-4-3-5-11(16-10)8-18(2)9-12-6-7-13(20-12)14(19)17-15/h3-7H,8-9,15H2,1-2H3,(H,17,19). The fourth-order valence-electron chi connectivity index (χ4n) is 1.94. The Morgan fingerprint density at radius 3 is 2.85 bits per heavy atom. The molecule has 106 valence electrons. The van der Waals surface area contributed by atoms with Gasteiger partial charge in [-0.1, -0.05) is 6.07 Å². The van der Waals surface area contributed by atoms with Gasteiger partial charge in [0, 0.05) is 12.2 Å². The van der Waals surface area contributed by atoms with Gasteiger partial charge in [-0.05, 0) is 38.2 Å². The summed E-state index contributed by atoms with van der Waals surface area (Å²) in [6.45, 7) is 3.27. The van der Waals surface area contributed by atoms with Gasteiger partial charge >= 0.3 is 5.91 Å². The van der Waals surface area contributed by atoms with Crippen molar-refractivity contribution in [2.75, 3.05) is 7.05 Å². The number of pyridine rings is 1. The molecule has 0 saturated carbocycles. The molecule has 2 aromatic rings. The molecule has 6 nitrogen and oxygen atoms in total. The van der Waals surface area contributed by atoms with Crippen LogP contribution in [0.3, 0.4) is 0 Å². The van der Waals surface area contributed by atoms with E-state index in [0.717, 1.165) is 11.4 Å². The molecule has 0 fully saturated rings. The van der Waals surface area contributed by atoms with E-state index in [-0.39, 0.29) is 5.76 Å². The molecule has 0 bridgehead atoms. The predicted octanol–water partition coefficient (Wildman–Crippen LogP) is 1.22. The van der Waals surface area contributed by atoms with Crippen molar-refractivity contribution in [2.45, 2.75) is 20.0 Å². The highest BCUT2D eigenvalue weighted by molar-refractivity contribution is 5.90. The number of hydrogen-bond donors (Lipinski definition) is 2. The number of hydrazine groups is 1. The Kier molecular flexibility index (Phi) is 4.49. The van der Waals surface area contributed by atoms with Crippen molar-refractivity contribution in [3.63, 3.8) is 0 Å². The number of carbonyl (C=O) groups is 1. The van der Waals surface area contributed by atoms with E-state index >= 15 is 0 Å². The largest absolute Gasteiger partial charge is 0.455 e. The summed E-state index contributed by atoms with van der Waals surface area (Å²) < 4.78 is 5.41. The van der Waals surface area contributed by atoms with Gasteiger partial charge in [-0.25, -0.2) is 5.84 Å². The fraction of sp³-hybridized carbons (Fsp3) is 0.286. The minimum Gasteiger partial charge on any atom is -0.455 e. The lowest BCUT2D eigenvalue weighted by Gasteiger charge is -2.14. The van der Waals surface area contributed by atoms with E-state index in [1.807, 2.05) is 37.6 Å². The van der Waals surface area contributed by atoms with Crippen LogP contribution in [0.15, 0.2) is 34.7 Å². The van der Waals surface area contributed by atoms with Crippen molar-refractivity contribution < 1.29 is 9.21 Å². The van der Waals surface area contributed by atoms with Gasteiger partial charge in [-0.2, -0.15) is 0 Å². The van der Waals surface area contributed by atoms with Crippen LogP contribution in [0.4, 0.5) is 0 Å². The van der Waals surface area contributed by atoms with E-state index in [0.29, 0.717) is 18.8 Å². The summed E-state index contributed by atoms with van der Waals surface area (Å²) in [6.07, 6.45) is 0. The van der Waals surface area contributed by atoms with Crippen molar-refractivity contribution in [1.29, 1.82) is 0 Å². The lowest BCUT2D eigenvalue weighted by atomic mass is 10.3. The molecular formula is C14H18N4O2. The number of carbonyl (C=O) groups excluding carboxylic acids is 1.